The minimum atomic E-state index is -0.0331. The number of rotatable bonds is 1. The molecule has 0 saturated carbocycles. The molecule has 1 atom stereocenters. The molecule has 4 heteroatoms. The summed E-state index contributed by atoms with van der Waals surface area (Å²) in [4.78, 5) is 0. The van der Waals surface area contributed by atoms with Gasteiger partial charge in [0.05, 0.1) is 24.0 Å². The number of aliphatic hydroxyl groups excluding tert-OH is 1. The molecule has 0 radical (unpaired) electrons. The molecule has 0 aliphatic carbocycles. The van der Waals surface area contributed by atoms with Gasteiger partial charge in [-0.1, -0.05) is 6.07 Å². The second-order valence-electron chi connectivity index (χ2n) is 3.06. The summed E-state index contributed by atoms with van der Waals surface area (Å²) in [5, 5.41) is 12.0. The number of fused-ring (bicyclic) bond motifs is 1. The van der Waals surface area contributed by atoms with Gasteiger partial charge in [-0.05, 0) is 12.1 Å². The molecule has 1 unspecified atom stereocenters. The van der Waals surface area contributed by atoms with Gasteiger partial charge in [0.25, 0.3) is 0 Å². The Kier molecular flexibility index (Phi) is 1.98. The van der Waals surface area contributed by atoms with Crippen LogP contribution in [0.3, 0.4) is 0 Å². The number of para-hydroxylation sites is 1. The number of nitrogen functional groups attached to an aromatic ring is 1. The van der Waals surface area contributed by atoms with Crippen molar-refractivity contribution in [1.29, 1.82) is 0 Å². The van der Waals surface area contributed by atoms with E-state index in [0.29, 0.717) is 18.0 Å². The van der Waals surface area contributed by atoms with E-state index in [1.165, 1.54) is 0 Å². The molecule has 0 saturated heterocycles. The summed E-state index contributed by atoms with van der Waals surface area (Å²) in [7, 11) is 0. The predicted octanol–water partition coefficient (Wildman–Crippen LogP) is 0.434. The Morgan fingerprint density at radius 1 is 1.62 bits per heavy atom. The highest BCUT2D eigenvalue weighted by Crippen LogP contribution is 2.33. The Hall–Kier alpha value is -1.42. The van der Waals surface area contributed by atoms with Crippen LogP contribution in [0.15, 0.2) is 18.2 Å². The number of hydrogen-bond acceptors (Lipinski definition) is 4. The molecule has 1 aliphatic rings. The maximum Gasteiger partial charge on any atom is 0.165 e. The molecule has 2 rings (SSSR count). The van der Waals surface area contributed by atoms with Crippen molar-refractivity contribution in [3.05, 3.63) is 18.2 Å². The van der Waals surface area contributed by atoms with Crippen molar-refractivity contribution in [3.63, 3.8) is 0 Å². The second-order valence-corrected chi connectivity index (χ2v) is 3.06. The van der Waals surface area contributed by atoms with E-state index in [1.807, 2.05) is 12.1 Å². The molecule has 0 spiro atoms. The van der Waals surface area contributed by atoms with Gasteiger partial charge in [-0.2, -0.15) is 0 Å². The lowest BCUT2D eigenvalue weighted by Crippen LogP contribution is -2.34. The molecule has 0 amide bonds. The minimum Gasteiger partial charge on any atom is -0.487 e. The predicted molar refractivity (Wildman–Crippen MR) is 50.8 cm³/mol. The van der Waals surface area contributed by atoms with Crippen LogP contribution in [0.4, 0.5) is 11.4 Å². The molecule has 4 N–H and O–H groups in total. The number of nitrogens with two attached hydrogens (primary N) is 1. The molecule has 1 heterocycles. The molecule has 1 aromatic carbocycles. The molecule has 0 aromatic heterocycles. The van der Waals surface area contributed by atoms with E-state index in [9.17, 15) is 0 Å². The Balaban J connectivity index is 2.31. The summed E-state index contributed by atoms with van der Waals surface area (Å²) in [6, 6.07) is 5.49. The summed E-state index contributed by atoms with van der Waals surface area (Å²) in [5.41, 5.74) is 7.18. The number of ether oxygens (including phenoxy) is 1. The molecule has 0 bridgehead atoms. The van der Waals surface area contributed by atoms with Crippen LogP contribution in [0.25, 0.3) is 0 Å². The summed E-state index contributed by atoms with van der Waals surface area (Å²) in [6.07, 6.45) is 0. The third kappa shape index (κ3) is 1.40. The smallest absolute Gasteiger partial charge is 0.165 e. The van der Waals surface area contributed by atoms with Crippen LogP contribution in [0, 0.1) is 0 Å². The number of hydrogen-bond donors (Lipinski definition) is 3. The fourth-order valence-electron chi connectivity index (χ4n) is 1.37. The number of anilines is 2. The Bertz CT molecular complexity index is 314. The number of aliphatic hydroxyl groups is 1. The van der Waals surface area contributed by atoms with Crippen molar-refractivity contribution >= 4 is 11.4 Å². The van der Waals surface area contributed by atoms with Gasteiger partial charge in [-0.25, -0.2) is 0 Å². The lowest BCUT2D eigenvalue weighted by atomic mass is 10.2. The standard InChI is InChI=1S/C9H12N2O2/c10-7-2-1-3-8-9(7)13-5-6(4-12)11-8/h1-3,6,11-12H,4-5,10H2. The summed E-state index contributed by atoms with van der Waals surface area (Å²) in [6.45, 7) is 0.520. The first-order valence-electron chi connectivity index (χ1n) is 4.20. The SMILES string of the molecule is Nc1cccc2c1OCC(CO)N2. The summed E-state index contributed by atoms with van der Waals surface area (Å²) < 4.78 is 5.41. The zero-order chi connectivity index (χ0) is 9.26. The van der Waals surface area contributed by atoms with Gasteiger partial charge in [0.1, 0.15) is 6.61 Å². The zero-order valence-electron chi connectivity index (χ0n) is 7.16. The maximum absolute atomic E-state index is 8.91. The summed E-state index contributed by atoms with van der Waals surface area (Å²) in [5.74, 6) is 0.687. The van der Waals surface area contributed by atoms with E-state index < -0.39 is 0 Å². The van der Waals surface area contributed by atoms with Gasteiger partial charge in [-0.3, -0.25) is 0 Å². The van der Waals surface area contributed by atoms with E-state index in [1.54, 1.807) is 6.07 Å². The van der Waals surface area contributed by atoms with Crippen molar-refractivity contribution in [3.8, 4) is 5.75 Å². The third-order valence-electron chi connectivity index (χ3n) is 2.05. The highest BCUT2D eigenvalue weighted by Gasteiger charge is 2.19. The highest BCUT2D eigenvalue weighted by molar-refractivity contribution is 5.70. The maximum atomic E-state index is 8.91. The minimum absolute atomic E-state index is 0.0331. The largest absolute Gasteiger partial charge is 0.487 e. The van der Waals surface area contributed by atoms with Gasteiger partial charge in [-0.15, -0.1) is 0 Å². The molecule has 0 fully saturated rings. The molecular weight excluding hydrogens is 168 g/mol. The first kappa shape index (κ1) is 8.19. The Morgan fingerprint density at radius 2 is 2.46 bits per heavy atom. The third-order valence-corrected chi connectivity index (χ3v) is 2.05. The van der Waals surface area contributed by atoms with E-state index in [2.05, 4.69) is 5.32 Å². The van der Waals surface area contributed by atoms with Crippen LogP contribution in [-0.2, 0) is 0 Å². The van der Waals surface area contributed by atoms with Crippen molar-refractivity contribution in [2.45, 2.75) is 6.04 Å². The molecule has 13 heavy (non-hydrogen) atoms. The molecule has 4 nitrogen and oxygen atoms in total. The van der Waals surface area contributed by atoms with Crippen LogP contribution in [0.1, 0.15) is 0 Å². The van der Waals surface area contributed by atoms with E-state index in [0.717, 1.165) is 5.69 Å². The molecule has 1 aromatic rings. The normalized spacial score (nSPS) is 19.9. The Morgan fingerprint density at radius 3 is 3.23 bits per heavy atom. The van der Waals surface area contributed by atoms with Gasteiger partial charge in [0.2, 0.25) is 0 Å². The second kappa shape index (κ2) is 3.14. The van der Waals surface area contributed by atoms with Crippen LogP contribution in [0.5, 0.6) is 5.75 Å². The molecule has 70 valence electrons. The van der Waals surface area contributed by atoms with Gasteiger partial charge in [0.15, 0.2) is 5.75 Å². The van der Waals surface area contributed by atoms with E-state index in [4.69, 9.17) is 15.6 Å². The van der Waals surface area contributed by atoms with Crippen molar-refractivity contribution in [2.75, 3.05) is 24.3 Å². The van der Waals surface area contributed by atoms with Gasteiger partial charge < -0.3 is 20.9 Å². The van der Waals surface area contributed by atoms with Crippen LogP contribution < -0.4 is 15.8 Å². The lowest BCUT2D eigenvalue weighted by molar-refractivity contribution is 0.208. The number of benzene rings is 1. The van der Waals surface area contributed by atoms with Crippen molar-refractivity contribution in [2.24, 2.45) is 0 Å². The van der Waals surface area contributed by atoms with Crippen LogP contribution in [0.2, 0.25) is 0 Å². The van der Waals surface area contributed by atoms with Crippen LogP contribution >= 0.6 is 0 Å². The summed E-state index contributed by atoms with van der Waals surface area (Å²) >= 11 is 0. The fourth-order valence-corrected chi connectivity index (χ4v) is 1.37. The van der Waals surface area contributed by atoms with Crippen molar-refractivity contribution < 1.29 is 9.84 Å². The highest BCUT2D eigenvalue weighted by atomic mass is 16.5. The fraction of sp³-hybridized carbons (Fsp3) is 0.333. The van der Waals surface area contributed by atoms with Crippen molar-refractivity contribution in [1.82, 2.24) is 0 Å². The Labute approximate surface area is 76.3 Å². The van der Waals surface area contributed by atoms with Crippen LogP contribution in [-0.4, -0.2) is 24.4 Å². The molecule has 1 aliphatic heterocycles. The average Bonchev–Trinajstić information content (AvgIpc) is 2.18. The quantitative estimate of drug-likeness (QED) is 0.548. The molecular formula is C9H12N2O2. The first-order chi connectivity index (χ1) is 6.31. The van der Waals surface area contributed by atoms with E-state index >= 15 is 0 Å². The zero-order valence-corrected chi connectivity index (χ0v) is 7.16. The topological polar surface area (TPSA) is 67.5 Å². The lowest BCUT2D eigenvalue weighted by Gasteiger charge is -2.26. The monoisotopic (exact) mass is 180 g/mol. The number of nitrogens with one attached hydrogen (secondary N) is 1. The van der Waals surface area contributed by atoms with Gasteiger partial charge >= 0.3 is 0 Å². The van der Waals surface area contributed by atoms with E-state index in [-0.39, 0.29) is 12.6 Å². The first-order valence-corrected chi connectivity index (χ1v) is 4.20. The van der Waals surface area contributed by atoms with Gasteiger partial charge in [0, 0.05) is 0 Å². The average molecular weight is 180 g/mol.